The number of Topliss-reactive ketones (excluding diaryl/α,β-unsaturated/α-hetero) is 2. The van der Waals surface area contributed by atoms with E-state index in [0.717, 1.165) is 19.3 Å². The molecule has 1 saturated heterocycles. The van der Waals surface area contributed by atoms with Crippen molar-refractivity contribution in [1.82, 2.24) is 10.2 Å². The van der Waals surface area contributed by atoms with Gasteiger partial charge in [-0.1, -0.05) is 51.1 Å². The molecule has 1 heterocycles. The van der Waals surface area contributed by atoms with E-state index in [0.29, 0.717) is 32.5 Å². The lowest BCUT2D eigenvalue weighted by molar-refractivity contribution is -0.153. The molecule has 1 fully saturated rings. The molecule has 1 N–H and O–H groups in total. The number of carbonyl (C=O) groups excluding carboxylic acids is 3. The summed E-state index contributed by atoms with van der Waals surface area (Å²) in [5, 5.41) is 3.18. The van der Waals surface area contributed by atoms with Crippen LogP contribution >= 0.6 is 0 Å². The number of amides is 1. The highest BCUT2D eigenvalue weighted by molar-refractivity contribution is 6.38. The number of rotatable bonds is 9. The summed E-state index contributed by atoms with van der Waals surface area (Å²) < 4.78 is 0. The molecular formula is C22H32N2O3. The summed E-state index contributed by atoms with van der Waals surface area (Å²) in [7, 11) is 0. The molecule has 1 atom stereocenters. The number of carbonyl (C=O) groups is 3. The molecule has 27 heavy (non-hydrogen) atoms. The summed E-state index contributed by atoms with van der Waals surface area (Å²) in [6.07, 6.45) is 3.71. The van der Waals surface area contributed by atoms with Gasteiger partial charge in [-0.15, -0.1) is 0 Å². The molecule has 1 aliphatic heterocycles. The fraction of sp³-hybridized carbons (Fsp3) is 0.591. The zero-order valence-electron chi connectivity index (χ0n) is 16.8. The minimum atomic E-state index is -0.689. The van der Waals surface area contributed by atoms with Crippen molar-refractivity contribution in [2.45, 2.75) is 58.9 Å². The maximum atomic E-state index is 12.7. The van der Waals surface area contributed by atoms with Crippen molar-refractivity contribution < 1.29 is 14.4 Å². The number of hydrogen-bond acceptors (Lipinski definition) is 4. The van der Waals surface area contributed by atoms with Gasteiger partial charge in [0.2, 0.25) is 5.78 Å². The molecule has 0 saturated carbocycles. The van der Waals surface area contributed by atoms with E-state index in [-0.39, 0.29) is 5.78 Å². The van der Waals surface area contributed by atoms with Crippen LogP contribution in [0.25, 0.3) is 0 Å². The van der Waals surface area contributed by atoms with Crippen LogP contribution in [0.5, 0.6) is 0 Å². The lowest BCUT2D eigenvalue weighted by Crippen LogP contribution is -2.59. The zero-order valence-corrected chi connectivity index (χ0v) is 16.8. The van der Waals surface area contributed by atoms with Crippen LogP contribution in [-0.2, 0) is 20.8 Å². The standard InChI is InChI=1S/C22H32N2O3/c1-4-22(2,3)20(26)21(27)24-15-14-23-16-18(24)19(25)13-9-8-12-17-10-6-5-7-11-17/h5-7,10-11,18,23H,4,8-9,12-16H2,1-3H3. The van der Waals surface area contributed by atoms with E-state index < -0.39 is 23.1 Å². The number of benzene rings is 1. The average Bonchev–Trinajstić information content (AvgIpc) is 2.70. The minimum Gasteiger partial charge on any atom is -0.323 e. The van der Waals surface area contributed by atoms with Crippen LogP contribution in [0.15, 0.2) is 30.3 Å². The van der Waals surface area contributed by atoms with E-state index in [9.17, 15) is 14.4 Å². The number of nitrogens with zero attached hydrogens (tertiary/aromatic N) is 1. The Morgan fingerprint density at radius 2 is 1.85 bits per heavy atom. The molecule has 0 bridgehead atoms. The topological polar surface area (TPSA) is 66.5 Å². The maximum Gasteiger partial charge on any atom is 0.291 e. The number of unbranched alkanes of at least 4 members (excludes halogenated alkanes) is 1. The highest BCUT2D eigenvalue weighted by Gasteiger charge is 2.39. The van der Waals surface area contributed by atoms with Crippen molar-refractivity contribution in [2.75, 3.05) is 19.6 Å². The molecule has 5 nitrogen and oxygen atoms in total. The molecule has 1 aliphatic rings. The van der Waals surface area contributed by atoms with E-state index in [1.807, 2.05) is 25.1 Å². The first-order valence-corrected chi connectivity index (χ1v) is 9.99. The monoisotopic (exact) mass is 372 g/mol. The predicted octanol–water partition coefficient (Wildman–Crippen LogP) is 2.77. The Morgan fingerprint density at radius 3 is 2.52 bits per heavy atom. The van der Waals surface area contributed by atoms with Gasteiger partial charge in [-0.2, -0.15) is 0 Å². The Labute approximate surface area is 162 Å². The van der Waals surface area contributed by atoms with Crippen molar-refractivity contribution in [3.63, 3.8) is 0 Å². The molecule has 0 spiro atoms. The Hall–Kier alpha value is -2.01. The van der Waals surface area contributed by atoms with Gasteiger partial charge in [-0.3, -0.25) is 14.4 Å². The van der Waals surface area contributed by atoms with Gasteiger partial charge in [0.25, 0.3) is 5.91 Å². The highest BCUT2D eigenvalue weighted by atomic mass is 16.2. The molecule has 1 aromatic rings. The second-order valence-corrected chi connectivity index (χ2v) is 7.94. The molecule has 1 aromatic carbocycles. The SMILES string of the molecule is CCC(C)(C)C(=O)C(=O)N1CCNCC1C(=O)CCCCc1ccccc1. The van der Waals surface area contributed by atoms with Crippen LogP contribution in [0.3, 0.4) is 0 Å². The van der Waals surface area contributed by atoms with Gasteiger partial charge >= 0.3 is 0 Å². The third kappa shape index (κ3) is 5.73. The van der Waals surface area contributed by atoms with Crippen molar-refractivity contribution in [2.24, 2.45) is 5.41 Å². The molecule has 1 unspecified atom stereocenters. The van der Waals surface area contributed by atoms with E-state index in [1.54, 1.807) is 13.8 Å². The van der Waals surface area contributed by atoms with E-state index in [2.05, 4.69) is 17.4 Å². The van der Waals surface area contributed by atoms with Crippen LogP contribution < -0.4 is 5.32 Å². The third-order valence-electron chi connectivity index (χ3n) is 5.55. The first-order valence-electron chi connectivity index (χ1n) is 9.99. The number of nitrogens with one attached hydrogen (secondary N) is 1. The average molecular weight is 373 g/mol. The summed E-state index contributed by atoms with van der Waals surface area (Å²) in [6, 6.07) is 9.69. The molecule has 148 valence electrons. The van der Waals surface area contributed by atoms with Gasteiger partial charge < -0.3 is 10.2 Å². The fourth-order valence-electron chi connectivity index (χ4n) is 3.26. The maximum absolute atomic E-state index is 12.7. The van der Waals surface area contributed by atoms with Gasteiger partial charge in [-0.25, -0.2) is 0 Å². The normalized spacial score (nSPS) is 17.6. The Morgan fingerprint density at radius 1 is 1.15 bits per heavy atom. The van der Waals surface area contributed by atoms with Crippen LogP contribution in [0.1, 0.15) is 52.0 Å². The smallest absolute Gasteiger partial charge is 0.291 e. The van der Waals surface area contributed by atoms with Crippen LogP contribution in [0, 0.1) is 5.41 Å². The second kappa shape index (κ2) is 9.79. The molecule has 5 heteroatoms. The molecule has 0 radical (unpaired) electrons. The van der Waals surface area contributed by atoms with Gasteiger partial charge in [0.15, 0.2) is 5.78 Å². The first kappa shape index (κ1) is 21.3. The molecule has 0 aromatic heterocycles. The van der Waals surface area contributed by atoms with E-state index in [1.165, 1.54) is 10.5 Å². The van der Waals surface area contributed by atoms with Crippen LogP contribution in [0.4, 0.5) is 0 Å². The summed E-state index contributed by atoms with van der Waals surface area (Å²) in [6.45, 7) is 6.93. The molecule has 2 rings (SSSR count). The number of aryl methyl sites for hydroxylation is 1. The minimum absolute atomic E-state index is 0.0470. The Kier molecular flexibility index (Phi) is 7.72. The van der Waals surface area contributed by atoms with Crippen LogP contribution in [0.2, 0.25) is 0 Å². The highest BCUT2D eigenvalue weighted by Crippen LogP contribution is 2.23. The van der Waals surface area contributed by atoms with Gasteiger partial charge in [0.05, 0.1) is 0 Å². The first-order chi connectivity index (χ1) is 12.9. The zero-order chi connectivity index (χ0) is 19.9. The van der Waals surface area contributed by atoms with Gasteiger partial charge in [-0.05, 0) is 31.2 Å². The summed E-state index contributed by atoms with van der Waals surface area (Å²) in [4.78, 5) is 39.5. The summed E-state index contributed by atoms with van der Waals surface area (Å²) in [5.41, 5.74) is 0.582. The number of piperazine rings is 1. The second-order valence-electron chi connectivity index (χ2n) is 7.94. The quantitative estimate of drug-likeness (QED) is 0.535. The van der Waals surface area contributed by atoms with Gasteiger partial charge in [0, 0.05) is 31.5 Å². The van der Waals surface area contributed by atoms with E-state index in [4.69, 9.17) is 0 Å². The van der Waals surface area contributed by atoms with Crippen molar-refractivity contribution in [1.29, 1.82) is 0 Å². The van der Waals surface area contributed by atoms with E-state index >= 15 is 0 Å². The van der Waals surface area contributed by atoms with Gasteiger partial charge in [0.1, 0.15) is 6.04 Å². The third-order valence-corrected chi connectivity index (χ3v) is 5.55. The summed E-state index contributed by atoms with van der Waals surface area (Å²) >= 11 is 0. The van der Waals surface area contributed by atoms with Crippen molar-refractivity contribution in [3.05, 3.63) is 35.9 Å². The fourth-order valence-corrected chi connectivity index (χ4v) is 3.26. The Bertz CT molecular complexity index is 655. The molecular weight excluding hydrogens is 340 g/mol. The molecule has 0 aliphatic carbocycles. The molecule has 1 amide bonds. The number of hydrogen-bond donors (Lipinski definition) is 1. The summed E-state index contributed by atoms with van der Waals surface area (Å²) in [5.74, 6) is -0.856. The lowest BCUT2D eigenvalue weighted by atomic mass is 9.84. The Balaban J connectivity index is 1.90. The van der Waals surface area contributed by atoms with Crippen molar-refractivity contribution in [3.8, 4) is 0 Å². The van der Waals surface area contributed by atoms with Crippen LogP contribution in [-0.4, -0.2) is 48.0 Å². The lowest BCUT2D eigenvalue weighted by Gasteiger charge is -2.36. The van der Waals surface area contributed by atoms with Crippen molar-refractivity contribution >= 4 is 17.5 Å². The largest absolute Gasteiger partial charge is 0.323 e. The predicted molar refractivity (Wildman–Crippen MR) is 106 cm³/mol. The number of ketones is 2.